The maximum atomic E-state index is 13.7. The first-order chi connectivity index (χ1) is 20.0. The van der Waals surface area contributed by atoms with Crippen LogP contribution in [-0.4, -0.2) is 76.9 Å². The number of nitrogens with zero attached hydrogens (tertiary/aromatic N) is 2. The summed E-state index contributed by atoms with van der Waals surface area (Å²) in [5.41, 5.74) is 2.21. The topological polar surface area (TPSA) is 128 Å². The maximum absolute atomic E-state index is 13.7. The molecule has 0 saturated heterocycles. The number of ether oxygens (including phenoxy) is 1. The first kappa shape index (κ1) is 30.9. The van der Waals surface area contributed by atoms with Crippen LogP contribution in [-0.2, 0) is 14.6 Å². The first-order valence-electron chi connectivity index (χ1n) is 13.2. The van der Waals surface area contributed by atoms with Crippen molar-refractivity contribution in [3.05, 3.63) is 71.8 Å². The third kappa shape index (κ3) is 7.41. The SMILES string of the molecule is COCCNc1cc(NCC(C)CN(C)C)ccc1C(=O)Nc1n[nH]c2ccc(S(=O)(=O)c3cc(F)cc(F)c3)cc12. The number of hydrogen-bond acceptors (Lipinski definition) is 8. The summed E-state index contributed by atoms with van der Waals surface area (Å²) in [4.78, 5) is 14.8. The van der Waals surface area contributed by atoms with Crippen molar-refractivity contribution in [3.63, 3.8) is 0 Å². The van der Waals surface area contributed by atoms with Gasteiger partial charge in [-0.15, -0.1) is 0 Å². The van der Waals surface area contributed by atoms with E-state index in [9.17, 15) is 22.0 Å². The second-order valence-corrected chi connectivity index (χ2v) is 12.2. The van der Waals surface area contributed by atoms with E-state index < -0.39 is 32.3 Å². The molecule has 0 aliphatic carbocycles. The van der Waals surface area contributed by atoms with E-state index in [1.54, 1.807) is 13.2 Å². The molecule has 0 radical (unpaired) electrons. The smallest absolute Gasteiger partial charge is 0.258 e. The van der Waals surface area contributed by atoms with E-state index in [0.29, 0.717) is 47.3 Å². The fourth-order valence-corrected chi connectivity index (χ4v) is 5.84. The highest BCUT2D eigenvalue weighted by Gasteiger charge is 2.22. The van der Waals surface area contributed by atoms with Crippen molar-refractivity contribution in [3.8, 4) is 0 Å². The van der Waals surface area contributed by atoms with Gasteiger partial charge in [0.15, 0.2) is 5.82 Å². The van der Waals surface area contributed by atoms with Gasteiger partial charge in [-0.2, -0.15) is 5.10 Å². The highest BCUT2D eigenvalue weighted by Crippen LogP contribution is 2.29. The van der Waals surface area contributed by atoms with Crippen LogP contribution in [0, 0.1) is 17.6 Å². The highest BCUT2D eigenvalue weighted by molar-refractivity contribution is 7.91. The lowest BCUT2D eigenvalue weighted by Gasteiger charge is -2.19. The molecule has 0 aliphatic heterocycles. The summed E-state index contributed by atoms with van der Waals surface area (Å²) in [6.07, 6.45) is 0. The lowest BCUT2D eigenvalue weighted by Crippen LogP contribution is -2.25. The van der Waals surface area contributed by atoms with Crippen LogP contribution in [0.1, 0.15) is 17.3 Å². The van der Waals surface area contributed by atoms with Crippen molar-refractivity contribution < 1.29 is 26.7 Å². The Morgan fingerprint density at radius 3 is 2.45 bits per heavy atom. The molecule has 1 atom stereocenters. The van der Waals surface area contributed by atoms with Gasteiger partial charge in [-0.3, -0.25) is 9.89 Å². The minimum atomic E-state index is -4.26. The monoisotopic (exact) mass is 600 g/mol. The van der Waals surface area contributed by atoms with Gasteiger partial charge in [-0.05, 0) is 68.5 Å². The number of benzene rings is 3. The number of anilines is 3. The molecule has 1 amide bonds. The van der Waals surface area contributed by atoms with E-state index >= 15 is 0 Å². The van der Waals surface area contributed by atoms with Crippen molar-refractivity contribution in [2.45, 2.75) is 16.7 Å². The Hall–Kier alpha value is -4.07. The Morgan fingerprint density at radius 1 is 1.02 bits per heavy atom. The quantitative estimate of drug-likeness (QED) is 0.164. The summed E-state index contributed by atoms with van der Waals surface area (Å²) in [6, 6.07) is 11.5. The van der Waals surface area contributed by atoms with E-state index in [1.807, 2.05) is 26.2 Å². The number of amides is 1. The number of aromatic nitrogens is 2. The zero-order valence-electron chi connectivity index (χ0n) is 23.8. The van der Waals surface area contributed by atoms with Crippen LogP contribution in [0.5, 0.6) is 0 Å². The molecule has 1 heterocycles. The Balaban J connectivity index is 1.60. The second kappa shape index (κ2) is 13.3. The minimum Gasteiger partial charge on any atom is -0.385 e. The van der Waals surface area contributed by atoms with Crippen LogP contribution in [0.2, 0.25) is 0 Å². The van der Waals surface area contributed by atoms with Gasteiger partial charge >= 0.3 is 0 Å². The van der Waals surface area contributed by atoms with Gasteiger partial charge in [0.1, 0.15) is 11.6 Å². The standard InChI is InChI=1S/C29H34F2N6O4S/c1-18(17-37(2)3)16-33-21-5-7-24(27(14-21)32-9-10-41-4)29(38)34-28-25-15-22(6-8-26(25)35-36-28)42(39,40)23-12-19(30)11-20(31)13-23/h5-8,11-15,18,32-33H,9-10,16-17H2,1-4H3,(H2,34,35,36,38). The molecule has 0 saturated carbocycles. The normalized spacial score (nSPS) is 12.5. The molecule has 4 rings (SSSR count). The fourth-order valence-electron chi connectivity index (χ4n) is 4.52. The summed E-state index contributed by atoms with van der Waals surface area (Å²) in [7, 11) is 1.37. The average molecular weight is 601 g/mol. The van der Waals surface area contributed by atoms with Crippen LogP contribution in [0.4, 0.5) is 26.0 Å². The molecule has 0 aliphatic rings. The highest BCUT2D eigenvalue weighted by atomic mass is 32.2. The number of rotatable bonds is 13. The number of H-pyrrole nitrogens is 1. The summed E-state index contributed by atoms with van der Waals surface area (Å²) >= 11 is 0. The molecule has 4 aromatic rings. The van der Waals surface area contributed by atoms with E-state index in [4.69, 9.17) is 4.74 Å². The number of sulfone groups is 1. The van der Waals surface area contributed by atoms with Crippen molar-refractivity contribution in [2.24, 2.45) is 5.92 Å². The Morgan fingerprint density at radius 2 is 1.76 bits per heavy atom. The van der Waals surface area contributed by atoms with Crippen molar-refractivity contribution in [2.75, 3.05) is 63.4 Å². The van der Waals surface area contributed by atoms with Gasteiger partial charge in [0.2, 0.25) is 9.84 Å². The van der Waals surface area contributed by atoms with Crippen molar-refractivity contribution in [1.29, 1.82) is 0 Å². The van der Waals surface area contributed by atoms with Crippen molar-refractivity contribution >= 4 is 43.8 Å². The van der Waals surface area contributed by atoms with Gasteiger partial charge in [-0.25, -0.2) is 17.2 Å². The Labute approximate surface area is 243 Å². The molecule has 4 N–H and O–H groups in total. The molecule has 0 fully saturated rings. The van der Waals surface area contributed by atoms with E-state index in [1.165, 1.54) is 18.2 Å². The molecular formula is C29H34F2N6O4S. The van der Waals surface area contributed by atoms with Gasteiger partial charge in [-0.1, -0.05) is 6.92 Å². The van der Waals surface area contributed by atoms with Crippen molar-refractivity contribution in [1.82, 2.24) is 15.1 Å². The van der Waals surface area contributed by atoms with Gasteiger partial charge in [0.25, 0.3) is 5.91 Å². The average Bonchev–Trinajstić information content (AvgIpc) is 3.33. The zero-order chi connectivity index (χ0) is 30.4. The summed E-state index contributed by atoms with van der Waals surface area (Å²) in [6.45, 7) is 4.70. The molecule has 42 heavy (non-hydrogen) atoms. The van der Waals surface area contributed by atoms with Gasteiger partial charge in [0.05, 0.1) is 27.5 Å². The number of carbonyl (C=O) groups is 1. The molecule has 3 aromatic carbocycles. The molecule has 13 heteroatoms. The van der Waals surface area contributed by atoms with Crippen LogP contribution < -0.4 is 16.0 Å². The molecule has 1 unspecified atom stereocenters. The number of hydrogen-bond donors (Lipinski definition) is 4. The first-order valence-corrected chi connectivity index (χ1v) is 14.7. The third-order valence-electron chi connectivity index (χ3n) is 6.44. The number of nitrogens with one attached hydrogen (secondary N) is 4. The number of aromatic amines is 1. The van der Waals surface area contributed by atoms with Gasteiger partial charge in [0, 0.05) is 49.6 Å². The van der Waals surface area contributed by atoms with E-state index in [2.05, 4.69) is 38.0 Å². The number of methoxy groups -OCH3 is 1. The lowest BCUT2D eigenvalue weighted by atomic mass is 10.1. The Bertz CT molecular complexity index is 1660. The van der Waals surface area contributed by atoms with E-state index in [-0.39, 0.29) is 10.7 Å². The summed E-state index contributed by atoms with van der Waals surface area (Å²) in [5.74, 6) is -2.00. The molecule has 224 valence electrons. The summed E-state index contributed by atoms with van der Waals surface area (Å²) in [5, 5.41) is 16.6. The second-order valence-electron chi connectivity index (χ2n) is 10.3. The molecular weight excluding hydrogens is 566 g/mol. The van der Waals surface area contributed by atoms with Crippen LogP contribution in [0.25, 0.3) is 10.9 Å². The zero-order valence-corrected chi connectivity index (χ0v) is 24.6. The maximum Gasteiger partial charge on any atom is 0.258 e. The minimum absolute atomic E-state index is 0.0972. The predicted molar refractivity (Wildman–Crippen MR) is 159 cm³/mol. The number of carbonyl (C=O) groups excluding carboxylic acids is 1. The fraction of sp³-hybridized carbons (Fsp3) is 0.310. The lowest BCUT2D eigenvalue weighted by molar-refractivity contribution is 0.102. The van der Waals surface area contributed by atoms with E-state index in [0.717, 1.165) is 30.9 Å². The van der Waals surface area contributed by atoms with Crippen LogP contribution in [0.3, 0.4) is 0 Å². The molecule has 0 bridgehead atoms. The van der Waals surface area contributed by atoms with Gasteiger partial charge < -0.3 is 25.6 Å². The molecule has 1 aromatic heterocycles. The predicted octanol–water partition coefficient (Wildman–Crippen LogP) is 4.59. The number of fused-ring (bicyclic) bond motifs is 1. The third-order valence-corrected chi connectivity index (χ3v) is 8.17. The molecule has 0 spiro atoms. The number of halogens is 2. The van der Waals surface area contributed by atoms with Crippen LogP contribution in [0.15, 0.2) is 64.4 Å². The van der Waals surface area contributed by atoms with Crippen LogP contribution >= 0.6 is 0 Å². The summed E-state index contributed by atoms with van der Waals surface area (Å²) < 4.78 is 58.9. The Kier molecular flexibility index (Phi) is 9.76. The molecule has 10 nitrogen and oxygen atoms in total. The largest absolute Gasteiger partial charge is 0.385 e.